The van der Waals surface area contributed by atoms with Crippen molar-refractivity contribution in [3.63, 3.8) is 0 Å². The summed E-state index contributed by atoms with van der Waals surface area (Å²) >= 11 is 12.5. The summed E-state index contributed by atoms with van der Waals surface area (Å²) < 4.78 is 26.6. The highest BCUT2D eigenvalue weighted by molar-refractivity contribution is 7.92. The van der Waals surface area contributed by atoms with E-state index in [1.165, 1.54) is 10.4 Å². The van der Waals surface area contributed by atoms with Gasteiger partial charge < -0.3 is 10.2 Å². The molecule has 0 aromatic heterocycles. The van der Waals surface area contributed by atoms with Crippen LogP contribution in [0, 0.1) is 6.92 Å². The zero-order valence-electron chi connectivity index (χ0n) is 24.6. The molecule has 0 heterocycles. The third kappa shape index (κ3) is 9.46. The van der Waals surface area contributed by atoms with Crippen LogP contribution in [0.25, 0.3) is 0 Å². The van der Waals surface area contributed by atoms with E-state index >= 15 is 0 Å². The van der Waals surface area contributed by atoms with Crippen LogP contribution >= 0.6 is 23.2 Å². The fourth-order valence-electron chi connectivity index (χ4n) is 5.59. The molecule has 1 saturated carbocycles. The topological polar surface area (TPSA) is 86.8 Å². The van der Waals surface area contributed by atoms with E-state index in [1.807, 2.05) is 61.5 Å². The molecule has 1 aliphatic carbocycles. The van der Waals surface area contributed by atoms with Gasteiger partial charge in [0.25, 0.3) is 0 Å². The minimum Gasteiger partial charge on any atom is -0.352 e. The minimum absolute atomic E-state index is 0.0283. The average molecular weight is 645 g/mol. The molecule has 3 aromatic carbocycles. The number of aryl methyl sites for hydroxylation is 1. The summed E-state index contributed by atoms with van der Waals surface area (Å²) in [5.74, 6) is -0.394. The number of rotatable bonds is 13. The van der Waals surface area contributed by atoms with E-state index in [0.717, 1.165) is 48.6 Å². The van der Waals surface area contributed by atoms with Crippen molar-refractivity contribution in [2.45, 2.75) is 70.5 Å². The van der Waals surface area contributed by atoms with Gasteiger partial charge in [-0.3, -0.25) is 13.9 Å². The summed E-state index contributed by atoms with van der Waals surface area (Å²) in [6.45, 7) is 2.28. The Morgan fingerprint density at radius 2 is 1.65 bits per heavy atom. The molecule has 0 saturated heterocycles. The molecule has 1 aliphatic rings. The number of halogens is 2. The van der Waals surface area contributed by atoms with Crippen LogP contribution in [0.4, 0.5) is 5.69 Å². The maximum Gasteiger partial charge on any atom is 0.243 e. The zero-order valence-corrected chi connectivity index (χ0v) is 27.0. The quantitative estimate of drug-likeness (QED) is 0.229. The Labute approximate surface area is 265 Å². The number of hydrogen-bond acceptors (Lipinski definition) is 4. The van der Waals surface area contributed by atoms with Gasteiger partial charge in [0, 0.05) is 37.0 Å². The second-order valence-corrected chi connectivity index (χ2v) is 14.0. The lowest BCUT2D eigenvalue weighted by Gasteiger charge is -2.33. The van der Waals surface area contributed by atoms with E-state index in [2.05, 4.69) is 5.32 Å². The van der Waals surface area contributed by atoms with E-state index in [-0.39, 0.29) is 54.5 Å². The first-order valence-corrected chi connectivity index (χ1v) is 17.2. The summed E-state index contributed by atoms with van der Waals surface area (Å²) in [7, 11) is -3.71. The number of nitrogens with zero attached hydrogens (tertiary/aromatic N) is 2. The van der Waals surface area contributed by atoms with E-state index in [9.17, 15) is 18.0 Å². The van der Waals surface area contributed by atoms with Gasteiger partial charge in [-0.2, -0.15) is 0 Å². The number of carbonyl (C=O) groups excluding carboxylic acids is 2. The molecule has 4 rings (SSSR count). The molecule has 7 nitrogen and oxygen atoms in total. The van der Waals surface area contributed by atoms with Gasteiger partial charge in [0.15, 0.2) is 0 Å². The van der Waals surface area contributed by atoms with Crippen LogP contribution in [0.2, 0.25) is 10.0 Å². The van der Waals surface area contributed by atoms with E-state index in [4.69, 9.17) is 23.2 Å². The molecule has 0 unspecified atom stereocenters. The van der Waals surface area contributed by atoms with Crippen LogP contribution in [0.3, 0.4) is 0 Å². The number of carbonyl (C=O) groups is 2. The highest BCUT2D eigenvalue weighted by atomic mass is 35.5. The summed E-state index contributed by atoms with van der Waals surface area (Å²) in [6.07, 6.45) is 5.75. The zero-order chi connectivity index (χ0) is 31.0. The molecular formula is C33H39Cl2N3O4S. The standard InChI is InChI=1S/C33H39Cl2N3O4S/c1-24-10-8-13-26(20-24)23-37(31(21-25-11-4-3-5-12-25)33(40)36-28-14-6-7-15-28)32(39)16-9-19-38(43(2,41)42)30-22-27(34)17-18-29(30)35/h3-5,8,10-13,17-18,20,22,28,31H,6-7,9,14-16,19,21,23H2,1-2H3,(H,36,40)/t31-/m1/s1. The van der Waals surface area contributed by atoms with Crippen molar-refractivity contribution in [2.24, 2.45) is 0 Å². The third-order valence-corrected chi connectivity index (χ3v) is 9.47. The van der Waals surface area contributed by atoms with E-state index in [0.29, 0.717) is 11.4 Å². The number of sulfonamides is 1. The Balaban J connectivity index is 1.60. The second kappa shape index (κ2) is 15.1. The fourth-order valence-corrected chi connectivity index (χ4v) is 6.99. The Bertz CT molecular complexity index is 1510. The lowest BCUT2D eigenvalue weighted by Crippen LogP contribution is -2.52. The van der Waals surface area contributed by atoms with Crippen molar-refractivity contribution < 1.29 is 18.0 Å². The van der Waals surface area contributed by atoms with Gasteiger partial charge in [0.2, 0.25) is 21.8 Å². The molecule has 0 radical (unpaired) electrons. The molecule has 43 heavy (non-hydrogen) atoms. The predicted molar refractivity (Wildman–Crippen MR) is 174 cm³/mol. The van der Waals surface area contributed by atoms with Gasteiger partial charge in [-0.25, -0.2) is 8.42 Å². The lowest BCUT2D eigenvalue weighted by atomic mass is 10.0. The average Bonchev–Trinajstić information content (AvgIpc) is 3.47. The van der Waals surface area contributed by atoms with Crippen molar-refractivity contribution in [1.29, 1.82) is 0 Å². The molecule has 10 heteroatoms. The number of hydrogen-bond donors (Lipinski definition) is 1. The Kier molecular flexibility index (Phi) is 11.5. The first kappa shape index (κ1) is 32.8. The summed E-state index contributed by atoms with van der Waals surface area (Å²) in [6, 6.07) is 21.6. The number of anilines is 1. The minimum atomic E-state index is -3.71. The molecule has 1 fully saturated rings. The summed E-state index contributed by atoms with van der Waals surface area (Å²) in [5.41, 5.74) is 3.19. The molecular weight excluding hydrogens is 605 g/mol. The van der Waals surface area contributed by atoms with Gasteiger partial charge in [-0.15, -0.1) is 0 Å². The van der Waals surface area contributed by atoms with Gasteiger partial charge >= 0.3 is 0 Å². The molecule has 1 atom stereocenters. The lowest BCUT2D eigenvalue weighted by molar-refractivity contribution is -0.141. The first-order chi connectivity index (χ1) is 20.5. The van der Waals surface area contributed by atoms with Gasteiger partial charge in [0.05, 0.1) is 17.0 Å². The Hall–Kier alpha value is -3.07. The predicted octanol–water partition coefficient (Wildman–Crippen LogP) is 6.55. The Morgan fingerprint density at radius 1 is 0.953 bits per heavy atom. The normalized spacial score (nSPS) is 14.3. The van der Waals surface area contributed by atoms with E-state index < -0.39 is 16.1 Å². The number of amides is 2. The van der Waals surface area contributed by atoms with Crippen molar-refractivity contribution >= 4 is 50.7 Å². The molecule has 1 N–H and O–H groups in total. The number of benzene rings is 3. The molecule has 3 aromatic rings. The fraction of sp³-hybridized carbons (Fsp3) is 0.394. The maximum absolute atomic E-state index is 14.0. The van der Waals surface area contributed by atoms with E-state index in [1.54, 1.807) is 17.0 Å². The van der Waals surface area contributed by atoms with Crippen LogP contribution in [-0.2, 0) is 32.6 Å². The molecule has 230 valence electrons. The highest BCUT2D eigenvalue weighted by Crippen LogP contribution is 2.31. The smallest absolute Gasteiger partial charge is 0.243 e. The van der Waals surface area contributed by atoms with Crippen molar-refractivity contribution in [3.05, 3.63) is 99.5 Å². The summed E-state index contributed by atoms with van der Waals surface area (Å²) in [5, 5.41) is 3.81. The monoisotopic (exact) mass is 643 g/mol. The third-order valence-electron chi connectivity index (χ3n) is 7.74. The van der Waals surface area contributed by atoms with Crippen LogP contribution in [0.5, 0.6) is 0 Å². The van der Waals surface area contributed by atoms with Crippen LogP contribution in [-0.4, -0.2) is 50.0 Å². The molecule has 2 amide bonds. The molecule has 0 spiro atoms. The Morgan fingerprint density at radius 3 is 2.33 bits per heavy atom. The molecule has 0 bridgehead atoms. The van der Waals surface area contributed by atoms with Gasteiger partial charge in [-0.05, 0) is 55.5 Å². The van der Waals surface area contributed by atoms with Crippen LogP contribution in [0.15, 0.2) is 72.8 Å². The van der Waals surface area contributed by atoms with Gasteiger partial charge in [-0.1, -0.05) is 96.2 Å². The number of nitrogens with one attached hydrogen (secondary N) is 1. The van der Waals surface area contributed by atoms with Crippen LogP contribution < -0.4 is 9.62 Å². The first-order valence-electron chi connectivity index (χ1n) is 14.6. The van der Waals surface area contributed by atoms with Crippen molar-refractivity contribution in [2.75, 3.05) is 17.1 Å². The van der Waals surface area contributed by atoms with Crippen LogP contribution in [0.1, 0.15) is 55.2 Å². The molecule has 0 aliphatic heterocycles. The summed E-state index contributed by atoms with van der Waals surface area (Å²) in [4.78, 5) is 29.5. The van der Waals surface area contributed by atoms with Gasteiger partial charge in [0.1, 0.15) is 6.04 Å². The largest absolute Gasteiger partial charge is 0.352 e. The second-order valence-electron chi connectivity index (χ2n) is 11.2. The van der Waals surface area contributed by atoms with Crippen molar-refractivity contribution in [1.82, 2.24) is 10.2 Å². The SMILES string of the molecule is Cc1cccc(CN(C(=O)CCCN(c2cc(Cl)ccc2Cl)S(C)(=O)=O)[C@H](Cc2ccccc2)C(=O)NC2CCCC2)c1. The maximum atomic E-state index is 14.0. The highest BCUT2D eigenvalue weighted by Gasteiger charge is 2.32. The van der Waals surface area contributed by atoms with Crippen molar-refractivity contribution in [3.8, 4) is 0 Å².